The molecule has 0 radical (unpaired) electrons. The SMILES string of the molecule is COc1ccc(CCSc2nnc(-c3ccc(Cl)cc3)n2-c2ccc(C)c(Cl)c2)cc1. The number of methoxy groups -OCH3 is 1. The summed E-state index contributed by atoms with van der Waals surface area (Å²) in [5.41, 5.74) is 4.14. The summed E-state index contributed by atoms with van der Waals surface area (Å²) in [6, 6.07) is 21.7. The van der Waals surface area contributed by atoms with Crippen molar-refractivity contribution in [3.8, 4) is 22.8 Å². The Bertz CT molecular complexity index is 1170. The molecule has 7 heteroatoms. The predicted molar refractivity (Wildman–Crippen MR) is 129 cm³/mol. The molecule has 0 aliphatic carbocycles. The highest BCUT2D eigenvalue weighted by Gasteiger charge is 2.17. The van der Waals surface area contributed by atoms with E-state index in [9.17, 15) is 0 Å². The Balaban J connectivity index is 1.63. The topological polar surface area (TPSA) is 39.9 Å². The number of rotatable bonds is 7. The smallest absolute Gasteiger partial charge is 0.196 e. The summed E-state index contributed by atoms with van der Waals surface area (Å²) in [5, 5.41) is 11.2. The van der Waals surface area contributed by atoms with Crippen molar-refractivity contribution < 1.29 is 4.74 Å². The van der Waals surface area contributed by atoms with E-state index in [1.165, 1.54) is 5.56 Å². The maximum Gasteiger partial charge on any atom is 0.196 e. The standard InChI is InChI=1S/C24H21Cl2N3OS/c1-16-3-10-20(15-22(16)26)29-23(18-6-8-19(25)9-7-18)27-28-24(29)31-14-13-17-4-11-21(30-2)12-5-17/h3-12,15H,13-14H2,1-2H3. The van der Waals surface area contributed by atoms with Crippen LogP contribution >= 0.6 is 35.0 Å². The van der Waals surface area contributed by atoms with Crippen LogP contribution < -0.4 is 4.74 Å². The van der Waals surface area contributed by atoms with Crippen LogP contribution in [0.4, 0.5) is 0 Å². The molecule has 0 aliphatic heterocycles. The maximum atomic E-state index is 6.42. The summed E-state index contributed by atoms with van der Waals surface area (Å²) >= 11 is 14.2. The molecule has 0 bridgehead atoms. The second kappa shape index (κ2) is 9.77. The largest absolute Gasteiger partial charge is 0.497 e. The predicted octanol–water partition coefficient (Wildman–Crippen LogP) is 6.89. The second-order valence-electron chi connectivity index (χ2n) is 7.03. The Morgan fingerprint density at radius 3 is 2.35 bits per heavy atom. The Hall–Kier alpha value is -2.47. The van der Waals surface area contributed by atoms with Gasteiger partial charge in [-0.25, -0.2) is 0 Å². The minimum Gasteiger partial charge on any atom is -0.497 e. The van der Waals surface area contributed by atoms with Crippen LogP contribution in [0.5, 0.6) is 5.75 Å². The van der Waals surface area contributed by atoms with Crippen molar-refractivity contribution in [2.75, 3.05) is 12.9 Å². The van der Waals surface area contributed by atoms with E-state index in [4.69, 9.17) is 27.9 Å². The third kappa shape index (κ3) is 5.06. The molecule has 0 saturated heterocycles. The first-order chi connectivity index (χ1) is 15.0. The zero-order valence-electron chi connectivity index (χ0n) is 17.2. The Labute approximate surface area is 196 Å². The number of thioether (sulfide) groups is 1. The quantitative estimate of drug-likeness (QED) is 0.276. The molecule has 3 aromatic carbocycles. The molecule has 0 unspecified atom stereocenters. The molecule has 4 aromatic rings. The van der Waals surface area contributed by atoms with Crippen LogP contribution in [0.2, 0.25) is 10.0 Å². The van der Waals surface area contributed by atoms with Gasteiger partial charge in [-0.15, -0.1) is 10.2 Å². The van der Waals surface area contributed by atoms with Gasteiger partial charge < -0.3 is 4.74 Å². The average Bonchev–Trinajstić information content (AvgIpc) is 3.20. The van der Waals surface area contributed by atoms with Crippen LogP contribution in [0.1, 0.15) is 11.1 Å². The number of ether oxygens (including phenoxy) is 1. The molecule has 0 amide bonds. The van der Waals surface area contributed by atoms with Crippen molar-refractivity contribution in [1.82, 2.24) is 14.8 Å². The van der Waals surface area contributed by atoms with Gasteiger partial charge in [0.2, 0.25) is 0 Å². The van der Waals surface area contributed by atoms with Crippen LogP contribution in [0.3, 0.4) is 0 Å². The zero-order valence-corrected chi connectivity index (χ0v) is 19.5. The van der Waals surface area contributed by atoms with Gasteiger partial charge in [0, 0.05) is 21.4 Å². The van der Waals surface area contributed by atoms with E-state index >= 15 is 0 Å². The monoisotopic (exact) mass is 469 g/mol. The molecule has 1 heterocycles. The van der Waals surface area contributed by atoms with Crippen molar-refractivity contribution in [2.45, 2.75) is 18.5 Å². The van der Waals surface area contributed by atoms with Gasteiger partial charge in [-0.1, -0.05) is 53.2 Å². The normalized spacial score (nSPS) is 11.0. The molecular weight excluding hydrogens is 449 g/mol. The van der Waals surface area contributed by atoms with Gasteiger partial charge >= 0.3 is 0 Å². The first-order valence-electron chi connectivity index (χ1n) is 9.79. The van der Waals surface area contributed by atoms with E-state index in [1.54, 1.807) is 18.9 Å². The molecule has 0 N–H and O–H groups in total. The Morgan fingerprint density at radius 1 is 0.935 bits per heavy atom. The minimum atomic E-state index is 0.683. The van der Waals surface area contributed by atoms with Crippen LogP contribution in [-0.2, 0) is 6.42 Å². The molecule has 158 valence electrons. The molecular formula is C24H21Cl2N3OS. The molecule has 4 rings (SSSR count). The fraction of sp³-hybridized carbons (Fsp3) is 0.167. The lowest BCUT2D eigenvalue weighted by Crippen LogP contribution is -2.01. The van der Waals surface area contributed by atoms with Gasteiger partial charge in [0.25, 0.3) is 0 Å². The molecule has 0 saturated carbocycles. The van der Waals surface area contributed by atoms with Crippen LogP contribution in [0.25, 0.3) is 17.1 Å². The van der Waals surface area contributed by atoms with Gasteiger partial charge in [-0.3, -0.25) is 4.57 Å². The van der Waals surface area contributed by atoms with E-state index in [0.29, 0.717) is 10.0 Å². The molecule has 0 spiro atoms. The summed E-state index contributed by atoms with van der Waals surface area (Å²) in [6.45, 7) is 1.99. The summed E-state index contributed by atoms with van der Waals surface area (Å²) in [7, 11) is 1.67. The lowest BCUT2D eigenvalue weighted by molar-refractivity contribution is 0.414. The maximum absolute atomic E-state index is 6.42. The third-order valence-corrected chi connectivity index (χ3v) is 6.52. The van der Waals surface area contributed by atoms with E-state index in [-0.39, 0.29) is 0 Å². The fourth-order valence-electron chi connectivity index (χ4n) is 3.16. The van der Waals surface area contributed by atoms with E-state index < -0.39 is 0 Å². The molecule has 0 aliphatic rings. The third-order valence-electron chi connectivity index (χ3n) is 4.93. The number of hydrogen-bond donors (Lipinski definition) is 0. The van der Waals surface area contributed by atoms with Crippen molar-refractivity contribution in [2.24, 2.45) is 0 Å². The Kier molecular flexibility index (Phi) is 6.86. The number of aryl methyl sites for hydroxylation is 2. The summed E-state index contributed by atoms with van der Waals surface area (Å²) in [4.78, 5) is 0. The van der Waals surface area contributed by atoms with E-state index in [0.717, 1.165) is 45.7 Å². The zero-order chi connectivity index (χ0) is 21.8. The first-order valence-corrected chi connectivity index (χ1v) is 11.5. The fourth-order valence-corrected chi connectivity index (χ4v) is 4.40. The Morgan fingerprint density at radius 2 is 1.68 bits per heavy atom. The number of nitrogens with zero attached hydrogens (tertiary/aromatic N) is 3. The van der Waals surface area contributed by atoms with E-state index in [2.05, 4.69) is 22.3 Å². The lowest BCUT2D eigenvalue weighted by Gasteiger charge is -2.12. The summed E-state index contributed by atoms with van der Waals surface area (Å²) in [6.07, 6.45) is 0.909. The molecule has 0 fully saturated rings. The summed E-state index contributed by atoms with van der Waals surface area (Å²) in [5.74, 6) is 2.48. The van der Waals surface area contributed by atoms with Gasteiger partial charge in [0.05, 0.1) is 12.8 Å². The van der Waals surface area contributed by atoms with E-state index in [1.807, 2.05) is 66.1 Å². The molecule has 4 nitrogen and oxygen atoms in total. The number of hydrogen-bond acceptors (Lipinski definition) is 4. The minimum absolute atomic E-state index is 0.683. The van der Waals surface area contributed by atoms with Crippen LogP contribution in [-0.4, -0.2) is 27.6 Å². The van der Waals surface area contributed by atoms with Gasteiger partial charge in [-0.05, 0) is 73.0 Å². The molecule has 1 aromatic heterocycles. The van der Waals surface area contributed by atoms with Gasteiger partial charge in [0.1, 0.15) is 5.75 Å². The highest BCUT2D eigenvalue weighted by molar-refractivity contribution is 7.99. The number of halogens is 2. The number of aromatic nitrogens is 3. The van der Waals surface area contributed by atoms with Crippen molar-refractivity contribution in [3.63, 3.8) is 0 Å². The second-order valence-corrected chi connectivity index (χ2v) is 8.93. The van der Waals surface area contributed by atoms with Crippen LogP contribution in [0.15, 0.2) is 71.9 Å². The number of benzene rings is 3. The van der Waals surface area contributed by atoms with Crippen LogP contribution in [0, 0.1) is 6.92 Å². The highest BCUT2D eigenvalue weighted by atomic mass is 35.5. The summed E-state index contributed by atoms with van der Waals surface area (Å²) < 4.78 is 7.28. The lowest BCUT2D eigenvalue weighted by atomic mass is 10.2. The highest BCUT2D eigenvalue weighted by Crippen LogP contribution is 2.31. The van der Waals surface area contributed by atoms with Gasteiger partial charge in [-0.2, -0.15) is 0 Å². The van der Waals surface area contributed by atoms with Crippen molar-refractivity contribution in [3.05, 3.63) is 87.9 Å². The first kappa shape index (κ1) is 21.8. The van der Waals surface area contributed by atoms with Crippen molar-refractivity contribution in [1.29, 1.82) is 0 Å². The van der Waals surface area contributed by atoms with Crippen molar-refractivity contribution >= 4 is 35.0 Å². The van der Waals surface area contributed by atoms with Gasteiger partial charge in [0.15, 0.2) is 11.0 Å². The molecule has 0 atom stereocenters. The average molecular weight is 470 g/mol. The molecule has 31 heavy (non-hydrogen) atoms.